The van der Waals surface area contributed by atoms with E-state index in [9.17, 15) is 9.59 Å². The molecule has 40 heavy (non-hydrogen) atoms. The van der Waals surface area contributed by atoms with Crippen molar-refractivity contribution >= 4 is 40.0 Å². The highest BCUT2D eigenvalue weighted by Gasteiger charge is 2.23. The Balaban J connectivity index is 1.44. The van der Waals surface area contributed by atoms with Crippen LogP contribution in [0.15, 0.2) is 66.4 Å². The minimum Gasteiger partial charge on any atom is -0.395 e. The molecule has 5 rings (SSSR count). The van der Waals surface area contributed by atoms with Crippen molar-refractivity contribution in [3.05, 3.63) is 83.6 Å². The summed E-state index contributed by atoms with van der Waals surface area (Å²) in [4.78, 5) is 40.3. The molecule has 1 aliphatic rings. The lowest BCUT2D eigenvalue weighted by molar-refractivity contribution is -0.111. The molecule has 1 fully saturated rings. The summed E-state index contributed by atoms with van der Waals surface area (Å²) in [7, 11) is 0. The molecule has 0 unspecified atom stereocenters. The fraction of sp³-hybridized carbons (Fsp3) is 0.222. The molecule has 4 aromatic rings. The first-order chi connectivity index (χ1) is 19.4. The summed E-state index contributed by atoms with van der Waals surface area (Å²) in [5.41, 5.74) is 0.599. The quantitative estimate of drug-likeness (QED) is 0.285. The van der Waals surface area contributed by atoms with Gasteiger partial charge in [-0.15, -0.1) is 0 Å². The van der Waals surface area contributed by atoms with Gasteiger partial charge in [0.25, 0.3) is 5.56 Å². The number of aromatic nitrogens is 4. The number of aliphatic hydroxyl groups excluding tert-OH is 1. The Labute approximate surface area is 227 Å². The van der Waals surface area contributed by atoms with E-state index in [4.69, 9.17) is 5.11 Å². The van der Waals surface area contributed by atoms with E-state index in [0.717, 1.165) is 6.08 Å². The van der Waals surface area contributed by atoms with E-state index in [0.29, 0.717) is 44.1 Å². The van der Waals surface area contributed by atoms with Gasteiger partial charge in [0.15, 0.2) is 17.3 Å². The molecule has 11 nitrogen and oxygen atoms in total. The summed E-state index contributed by atoms with van der Waals surface area (Å²) < 4.78 is 31.7. The van der Waals surface area contributed by atoms with Gasteiger partial charge in [-0.05, 0) is 36.4 Å². The smallest absolute Gasteiger partial charge is 0.283 e. The van der Waals surface area contributed by atoms with Crippen LogP contribution in [0.25, 0.3) is 16.7 Å². The molecule has 206 valence electrons. The van der Waals surface area contributed by atoms with E-state index in [1.54, 1.807) is 29.2 Å². The second-order valence-corrected chi connectivity index (χ2v) is 9.03. The SMILES string of the molecule is C=CC(=O)Nc1cccc(-n2cnc(=O)c3cnc(Nc4ccc(N5CCN(CCO)CC5)c(F)c4F)nc32)c1. The van der Waals surface area contributed by atoms with Gasteiger partial charge in [-0.1, -0.05) is 12.6 Å². The largest absolute Gasteiger partial charge is 0.395 e. The van der Waals surface area contributed by atoms with E-state index >= 15 is 8.78 Å². The third-order valence-corrected chi connectivity index (χ3v) is 6.53. The normalized spacial score (nSPS) is 13.8. The molecule has 2 aromatic carbocycles. The average molecular weight is 549 g/mol. The van der Waals surface area contributed by atoms with Crippen LogP contribution in [0.2, 0.25) is 0 Å². The van der Waals surface area contributed by atoms with Gasteiger partial charge in [-0.2, -0.15) is 9.97 Å². The van der Waals surface area contributed by atoms with Gasteiger partial charge >= 0.3 is 0 Å². The third kappa shape index (κ3) is 5.51. The second kappa shape index (κ2) is 11.6. The molecule has 0 bridgehead atoms. The van der Waals surface area contributed by atoms with Crippen LogP contribution in [0.5, 0.6) is 0 Å². The lowest BCUT2D eigenvalue weighted by atomic mass is 10.2. The molecular weight excluding hydrogens is 522 g/mol. The fourth-order valence-corrected chi connectivity index (χ4v) is 4.47. The summed E-state index contributed by atoms with van der Waals surface area (Å²) in [6.07, 6.45) is 3.68. The number of aliphatic hydroxyl groups is 1. The van der Waals surface area contributed by atoms with Gasteiger partial charge < -0.3 is 20.6 Å². The van der Waals surface area contributed by atoms with E-state index < -0.39 is 23.1 Å². The molecule has 3 heterocycles. The number of rotatable bonds is 8. The van der Waals surface area contributed by atoms with Crippen LogP contribution in [0, 0.1) is 11.6 Å². The number of carbonyl (C=O) groups is 1. The number of amides is 1. The van der Waals surface area contributed by atoms with Crippen molar-refractivity contribution in [1.29, 1.82) is 0 Å². The summed E-state index contributed by atoms with van der Waals surface area (Å²) in [5, 5.41) is 14.6. The summed E-state index contributed by atoms with van der Waals surface area (Å²) in [6, 6.07) is 9.66. The van der Waals surface area contributed by atoms with Gasteiger partial charge in [0.1, 0.15) is 11.7 Å². The molecule has 0 aliphatic carbocycles. The van der Waals surface area contributed by atoms with E-state index in [2.05, 4.69) is 37.1 Å². The van der Waals surface area contributed by atoms with Crippen molar-refractivity contribution in [2.75, 3.05) is 54.9 Å². The van der Waals surface area contributed by atoms with Crippen molar-refractivity contribution in [3.8, 4) is 5.69 Å². The predicted molar refractivity (Wildman–Crippen MR) is 147 cm³/mol. The maximum Gasteiger partial charge on any atom is 0.283 e. The van der Waals surface area contributed by atoms with E-state index in [1.165, 1.54) is 29.2 Å². The molecule has 0 saturated carbocycles. The number of fused-ring (bicyclic) bond motifs is 1. The van der Waals surface area contributed by atoms with Gasteiger partial charge in [-0.3, -0.25) is 19.1 Å². The van der Waals surface area contributed by atoms with Crippen LogP contribution in [-0.2, 0) is 4.79 Å². The van der Waals surface area contributed by atoms with Crippen LogP contribution < -0.4 is 21.1 Å². The summed E-state index contributed by atoms with van der Waals surface area (Å²) >= 11 is 0. The molecule has 13 heteroatoms. The minimum atomic E-state index is -1.09. The van der Waals surface area contributed by atoms with Crippen molar-refractivity contribution in [1.82, 2.24) is 24.4 Å². The van der Waals surface area contributed by atoms with Crippen LogP contribution in [0.4, 0.5) is 31.8 Å². The Bertz CT molecular complexity index is 1640. The Kier molecular flexibility index (Phi) is 7.75. The molecular formula is C27H26F2N8O3. The number of hydrogen-bond donors (Lipinski definition) is 3. The lowest BCUT2D eigenvalue weighted by Crippen LogP contribution is -2.47. The first-order valence-corrected chi connectivity index (χ1v) is 12.5. The average Bonchev–Trinajstić information content (AvgIpc) is 2.96. The number of hydrogen-bond acceptors (Lipinski definition) is 9. The highest BCUT2D eigenvalue weighted by molar-refractivity contribution is 5.99. The highest BCUT2D eigenvalue weighted by atomic mass is 19.2. The van der Waals surface area contributed by atoms with E-state index in [-0.39, 0.29) is 35.0 Å². The first kappa shape index (κ1) is 26.8. The molecule has 0 radical (unpaired) electrons. The van der Waals surface area contributed by atoms with Crippen LogP contribution >= 0.6 is 0 Å². The minimum absolute atomic E-state index is 0.0488. The van der Waals surface area contributed by atoms with Crippen molar-refractivity contribution in [3.63, 3.8) is 0 Å². The van der Waals surface area contributed by atoms with Crippen molar-refractivity contribution in [2.24, 2.45) is 0 Å². The summed E-state index contributed by atoms with van der Waals surface area (Å²) in [5.74, 6) is -2.54. The van der Waals surface area contributed by atoms with Crippen LogP contribution in [0.1, 0.15) is 0 Å². The summed E-state index contributed by atoms with van der Waals surface area (Å²) in [6.45, 7) is 6.29. The Morgan fingerprint density at radius 1 is 1.10 bits per heavy atom. The molecule has 0 spiro atoms. The molecule has 2 aromatic heterocycles. The molecule has 1 saturated heterocycles. The van der Waals surface area contributed by atoms with Crippen molar-refractivity contribution in [2.45, 2.75) is 0 Å². The number of halogens is 2. The number of benzene rings is 2. The highest BCUT2D eigenvalue weighted by Crippen LogP contribution is 2.29. The van der Waals surface area contributed by atoms with E-state index in [1.807, 2.05) is 0 Å². The van der Waals surface area contributed by atoms with Crippen LogP contribution in [-0.4, -0.2) is 74.8 Å². The number of anilines is 4. The van der Waals surface area contributed by atoms with Gasteiger partial charge in [0.05, 0.1) is 23.7 Å². The maximum absolute atomic E-state index is 15.1. The maximum atomic E-state index is 15.1. The predicted octanol–water partition coefficient (Wildman–Crippen LogP) is 2.44. The number of β-amino-alcohol motifs (C(OH)–C–C–N with tert-alkyl or cyclic N) is 1. The third-order valence-electron chi connectivity index (χ3n) is 6.53. The monoisotopic (exact) mass is 548 g/mol. The number of piperazine rings is 1. The Morgan fingerprint density at radius 3 is 2.65 bits per heavy atom. The van der Waals surface area contributed by atoms with Gasteiger partial charge in [0, 0.05) is 44.6 Å². The topological polar surface area (TPSA) is 129 Å². The zero-order valence-corrected chi connectivity index (χ0v) is 21.3. The first-order valence-electron chi connectivity index (χ1n) is 12.5. The molecule has 1 aliphatic heterocycles. The second-order valence-electron chi connectivity index (χ2n) is 9.03. The number of nitrogens with zero attached hydrogens (tertiary/aromatic N) is 6. The fourth-order valence-electron chi connectivity index (χ4n) is 4.47. The standard InChI is InChI=1S/C27H26F2N8O3/c1-2-22(39)32-17-4-3-5-18(14-17)37-16-31-26(40)19-15-30-27(34-25(19)37)33-20-6-7-21(24(29)23(20)28)36-10-8-35(9-11-36)12-13-38/h2-7,14-16,38H,1,8-13H2,(H,32,39)(H,30,33,34). The van der Waals surface area contributed by atoms with Gasteiger partial charge in [0.2, 0.25) is 11.9 Å². The lowest BCUT2D eigenvalue weighted by Gasteiger charge is -2.36. The molecule has 3 N–H and O–H groups in total. The van der Waals surface area contributed by atoms with Gasteiger partial charge in [-0.25, -0.2) is 13.8 Å². The number of nitrogens with one attached hydrogen (secondary N) is 2. The van der Waals surface area contributed by atoms with Crippen LogP contribution in [0.3, 0.4) is 0 Å². The zero-order valence-electron chi connectivity index (χ0n) is 21.3. The molecule has 1 amide bonds. The Morgan fingerprint density at radius 2 is 1.90 bits per heavy atom. The van der Waals surface area contributed by atoms with Crippen molar-refractivity contribution < 1.29 is 18.7 Å². The number of carbonyl (C=O) groups excluding carboxylic acids is 1. The Hall–Kier alpha value is -4.75. The molecule has 0 atom stereocenters. The zero-order chi connectivity index (χ0) is 28.2.